The summed E-state index contributed by atoms with van der Waals surface area (Å²) in [6.07, 6.45) is -0.421. The molecule has 33 heavy (non-hydrogen) atoms. The maximum Gasteiger partial charge on any atom is 0.416 e. The molecule has 1 aliphatic rings. The maximum atomic E-state index is 12.7. The highest BCUT2D eigenvalue weighted by Crippen LogP contribution is 2.29. The first kappa shape index (κ1) is 22.4. The summed E-state index contributed by atoms with van der Waals surface area (Å²) < 4.78 is 38.1. The third kappa shape index (κ3) is 5.36. The third-order valence-electron chi connectivity index (χ3n) is 5.56. The minimum absolute atomic E-state index is 0.173. The van der Waals surface area contributed by atoms with Gasteiger partial charge >= 0.3 is 6.18 Å². The SMILES string of the molecule is O=C(Nc1cnc(-c2ccccc2)nc1)C1CCN(C(=O)c2ccc(C(F)(F)F)cc2)CC1. The number of halogens is 3. The van der Waals surface area contributed by atoms with Gasteiger partial charge in [-0.05, 0) is 37.1 Å². The Balaban J connectivity index is 1.30. The lowest BCUT2D eigenvalue weighted by Gasteiger charge is -2.31. The molecule has 0 saturated carbocycles. The number of amides is 2. The summed E-state index contributed by atoms with van der Waals surface area (Å²) in [4.78, 5) is 35.4. The molecule has 0 atom stereocenters. The van der Waals surface area contributed by atoms with Gasteiger partial charge in [-0.3, -0.25) is 9.59 Å². The van der Waals surface area contributed by atoms with Crippen molar-refractivity contribution in [1.29, 1.82) is 0 Å². The van der Waals surface area contributed by atoms with E-state index in [0.29, 0.717) is 37.4 Å². The minimum Gasteiger partial charge on any atom is -0.339 e. The van der Waals surface area contributed by atoms with Crippen LogP contribution in [0.5, 0.6) is 0 Å². The summed E-state index contributed by atoms with van der Waals surface area (Å²) in [7, 11) is 0. The first-order valence-corrected chi connectivity index (χ1v) is 10.5. The van der Waals surface area contributed by atoms with Crippen molar-refractivity contribution in [2.24, 2.45) is 5.92 Å². The number of nitrogens with one attached hydrogen (secondary N) is 1. The molecule has 3 aromatic rings. The van der Waals surface area contributed by atoms with E-state index in [9.17, 15) is 22.8 Å². The Morgan fingerprint density at radius 3 is 2.09 bits per heavy atom. The summed E-state index contributed by atoms with van der Waals surface area (Å²) in [6, 6.07) is 13.6. The van der Waals surface area contributed by atoms with Crippen molar-refractivity contribution < 1.29 is 22.8 Å². The Labute approximate surface area is 188 Å². The van der Waals surface area contributed by atoms with Crippen LogP contribution in [0.4, 0.5) is 18.9 Å². The quantitative estimate of drug-likeness (QED) is 0.623. The standard InChI is InChI=1S/C24H21F3N4O2/c25-24(26,27)19-8-6-18(7-9-19)23(33)31-12-10-17(11-13-31)22(32)30-20-14-28-21(29-15-20)16-4-2-1-3-5-16/h1-9,14-15,17H,10-13H2,(H,30,32). The van der Waals surface area contributed by atoms with E-state index >= 15 is 0 Å². The van der Waals surface area contributed by atoms with E-state index < -0.39 is 11.7 Å². The van der Waals surface area contributed by atoms with E-state index in [1.54, 1.807) is 17.3 Å². The summed E-state index contributed by atoms with van der Waals surface area (Å²) in [5.74, 6) is -0.237. The molecule has 1 fully saturated rings. The van der Waals surface area contributed by atoms with Crippen molar-refractivity contribution >= 4 is 17.5 Å². The highest BCUT2D eigenvalue weighted by molar-refractivity contribution is 5.95. The van der Waals surface area contributed by atoms with Crippen LogP contribution >= 0.6 is 0 Å². The number of hydrogen-bond acceptors (Lipinski definition) is 4. The van der Waals surface area contributed by atoms with Crippen molar-refractivity contribution in [1.82, 2.24) is 14.9 Å². The number of carbonyl (C=O) groups is 2. The fraction of sp³-hybridized carbons (Fsp3) is 0.250. The van der Waals surface area contributed by atoms with Gasteiger partial charge in [0.05, 0.1) is 23.6 Å². The summed E-state index contributed by atoms with van der Waals surface area (Å²) in [6.45, 7) is 0.697. The first-order chi connectivity index (χ1) is 15.8. The van der Waals surface area contributed by atoms with E-state index in [1.165, 1.54) is 12.1 Å². The Morgan fingerprint density at radius 2 is 1.52 bits per heavy atom. The van der Waals surface area contributed by atoms with Crippen molar-refractivity contribution in [2.75, 3.05) is 18.4 Å². The first-order valence-electron chi connectivity index (χ1n) is 10.5. The van der Waals surface area contributed by atoms with Crippen LogP contribution in [-0.2, 0) is 11.0 Å². The smallest absolute Gasteiger partial charge is 0.339 e. The minimum atomic E-state index is -4.44. The topological polar surface area (TPSA) is 75.2 Å². The van der Waals surface area contributed by atoms with Crippen LogP contribution in [-0.4, -0.2) is 39.8 Å². The van der Waals surface area contributed by atoms with Crippen molar-refractivity contribution in [3.05, 3.63) is 78.1 Å². The average molecular weight is 454 g/mol. The zero-order valence-corrected chi connectivity index (χ0v) is 17.5. The lowest BCUT2D eigenvalue weighted by atomic mass is 9.95. The third-order valence-corrected chi connectivity index (χ3v) is 5.56. The Kier molecular flexibility index (Phi) is 6.39. The number of carbonyl (C=O) groups excluding carboxylic acids is 2. The molecule has 2 amide bonds. The van der Waals surface area contributed by atoms with Gasteiger partial charge in [0.25, 0.3) is 5.91 Å². The molecule has 1 aliphatic heterocycles. The predicted octanol–water partition coefficient (Wildman–Crippen LogP) is 4.65. The number of nitrogens with zero attached hydrogens (tertiary/aromatic N) is 3. The number of alkyl halides is 3. The van der Waals surface area contributed by atoms with Crippen LogP contribution in [0.1, 0.15) is 28.8 Å². The molecule has 1 aromatic heterocycles. The average Bonchev–Trinajstić information content (AvgIpc) is 2.84. The number of piperidine rings is 1. The van der Waals surface area contributed by atoms with Crippen LogP contribution in [0.25, 0.3) is 11.4 Å². The van der Waals surface area contributed by atoms with E-state index in [-0.39, 0.29) is 23.3 Å². The molecule has 6 nitrogen and oxygen atoms in total. The second-order valence-corrected chi connectivity index (χ2v) is 7.79. The molecule has 4 rings (SSSR count). The fourth-order valence-electron chi connectivity index (χ4n) is 3.70. The number of hydrogen-bond donors (Lipinski definition) is 1. The molecule has 0 spiro atoms. The zero-order chi connectivity index (χ0) is 23.4. The lowest BCUT2D eigenvalue weighted by molar-refractivity contribution is -0.137. The van der Waals surface area contributed by atoms with Crippen LogP contribution in [0.2, 0.25) is 0 Å². The Hall–Kier alpha value is -3.75. The van der Waals surface area contributed by atoms with Gasteiger partial charge in [0.15, 0.2) is 5.82 Å². The molecule has 0 aliphatic carbocycles. The maximum absolute atomic E-state index is 12.7. The van der Waals surface area contributed by atoms with E-state index in [2.05, 4.69) is 15.3 Å². The van der Waals surface area contributed by atoms with Gasteiger partial charge in [-0.2, -0.15) is 13.2 Å². The number of rotatable bonds is 4. The van der Waals surface area contributed by atoms with Crippen molar-refractivity contribution in [3.63, 3.8) is 0 Å². The molecule has 0 bridgehead atoms. The summed E-state index contributed by atoms with van der Waals surface area (Å²) in [5.41, 5.74) is 0.764. The number of benzene rings is 2. The van der Waals surface area contributed by atoms with Crippen molar-refractivity contribution in [2.45, 2.75) is 19.0 Å². The van der Waals surface area contributed by atoms with Crippen molar-refractivity contribution in [3.8, 4) is 11.4 Å². The van der Waals surface area contributed by atoms with E-state index in [4.69, 9.17) is 0 Å². The molecule has 1 N–H and O–H groups in total. The van der Waals surface area contributed by atoms with Gasteiger partial charge in [0.1, 0.15) is 0 Å². The predicted molar refractivity (Wildman–Crippen MR) is 116 cm³/mol. The molecule has 0 radical (unpaired) electrons. The van der Waals surface area contributed by atoms with Gasteiger partial charge < -0.3 is 10.2 Å². The van der Waals surface area contributed by atoms with Gasteiger partial charge in [0, 0.05) is 30.1 Å². The molecular formula is C24H21F3N4O2. The summed E-state index contributed by atoms with van der Waals surface area (Å²) >= 11 is 0. The highest BCUT2D eigenvalue weighted by Gasteiger charge is 2.31. The molecule has 0 unspecified atom stereocenters. The summed E-state index contributed by atoms with van der Waals surface area (Å²) in [5, 5.41) is 2.81. The highest BCUT2D eigenvalue weighted by atomic mass is 19.4. The van der Waals surface area contributed by atoms with Crippen LogP contribution in [0, 0.1) is 5.92 Å². The normalized spacial score (nSPS) is 14.7. The Bertz CT molecular complexity index is 1110. The second kappa shape index (κ2) is 9.40. The number of anilines is 1. The van der Waals surface area contributed by atoms with E-state index in [0.717, 1.165) is 17.7 Å². The monoisotopic (exact) mass is 454 g/mol. The van der Waals surface area contributed by atoms with E-state index in [1.807, 2.05) is 30.3 Å². The molecule has 1 saturated heterocycles. The van der Waals surface area contributed by atoms with Gasteiger partial charge in [-0.15, -0.1) is 0 Å². The molecular weight excluding hydrogens is 433 g/mol. The lowest BCUT2D eigenvalue weighted by Crippen LogP contribution is -2.41. The van der Waals surface area contributed by atoms with Crippen LogP contribution in [0.15, 0.2) is 67.0 Å². The fourth-order valence-corrected chi connectivity index (χ4v) is 3.70. The Morgan fingerprint density at radius 1 is 0.909 bits per heavy atom. The molecule has 9 heteroatoms. The molecule has 2 aromatic carbocycles. The van der Waals surface area contributed by atoms with Gasteiger partial charge in [-0.1, -0.05) is 30.3 Å². The van der Waals surface area contributed by atoms with Crippen LogP contribution < -0.4 is 5.32 Å². The largest absolute Gasteiger partial charge is 0.416 e. The number of likely N-dealkylation sites (tertiary alicyclic amines) is 1. The van der Waals surface area contributed by atoms with Gasteiger partial charge in [0.2, 0.25) is 5.91 Å². The molecule has 170 valence electrons. The van der Waals surface area contributed by atoms with Crippen LogP contribution in [0.3, 0.4) is 0 Å². The number of aromatic nitrogens is 2. The zero-order valence-electron chi connectivity index (χ0n) is 17.5. The second-order valence-electron chi connectivity index (χ2n) is 7.79. The van der Waals surface area contributed by atoms with Gasteiger partial charge in [-0.25, -0.2) is 9.97 Å². The molecule has 2 heterocycles.